The quantitative estimate of drug-likeness (QED) is 0.345. The largest absolute Gasteiger partial charge is 0.497 e. The minimum Gasteiger partial charge on any atom is -0.497 e. The van der Waals surface area contributed by atoms with Gasteiger partial charge in [-0.05, 0) is 60.9 Å². The molecule has 0 N–H and O–H groups in total. The predicted octanol–water partition coefficient (Wildman–Crippen LogP) is 3.89. The Morgan fingerprint density at radius 3 is 2.40 bits per heavy atom. The summed E-state index contributed by atoms with van der Waals surface area (Å²) >= 11 is 0. The van der Waals surface area contributed by atoms with Crippen molar-refractivity contribution in [2.45, 2.75) is 17.7 Å². The first-order valence-electron chi connectivity index (χ1n) is 11.0. The number of para-hydroxylation sites is 1. The molecule has 0 fully saturated rings. The van der Waals surface area contributed by atoms with Crippen molar-refractivity contribution in [2.75, 3.05) is 31.7 Å². The van der Waals surface area contributed by atoms with Gasteiger partial charge >= 0.3 is 5.97 Å². The van der Waals surface area contributed by atoms with Gasteiger partial charge in [-0.3, -0.25) is 9.10 Å². The average molecular weight is 496 g/mol. The molecule has 3 aromatic carbocycles. The number of sulfonamides is 1. The molecule has 0 amide bonds. The normalized spacial score (nSPS) is 13.0. The summed E-state index contributed by atoms with van der Waals surface area (Å²) < 4.78 is 43.4. The number of esters is 1. The first kappa shape index (κ1) is 24.3. The van der Waals surface area contributed by atoms with Gasteiger partial charge in [0.25, 0.3) is 10.0 Å². The highest BCUT2D eigenvalue weighted by Gasteiger charge is 2.29. The van der Waals surface area contributed by atoms with Crippen LogP contribution in [0.15, 0.2) is 71.6 Å². The molecule has 0 bridgehead atoms. The topological polar surface area (TPSA) is 99.2 Å². The Morgan fingerprint density at radius 1 is 0.943 bits per heavy atom. The van der Waals surface area contributed by atoms with E-state index in [0.717, 1.165) is 18.4 Å². The third kappa shape index (κ3) is 5.00. The van der Waals surface area contributed by atoms with Gasteiger partial charge in [0, 0.05) is 12.6 Å². The highest BCUT2D eigenvalue weighted by Crippen LogP contribution is 2.32. The van der Waals surface area contributed by atoms with E-state index in [4.69, 9.17) is 14.2 Å². The van der Waals surface area contributed by atoms with Gasteiger partial charge < -0.3 is 14.2 Å². The number of methoxy groups -OCH3 is 2. The molecular formula is C26H25NO7S. The van der Waals surface area contributed by atoms with Crippen molar-refractivity contribution in [3.05, 3.63) is 83.4 Å². The van der Waals surface area contributed by atoms with Crippen LogP contribution < -0.4 is 13.8 Å². The molecule has 1 aliphatic heterocycles. The van der Waals surface area contributed by atoms with E-state index in [1.807, 2.05) is 18.2 Å². The second kappa shape index (κ2) is 10.2. The fourth-order valence-electron chi connectivity index (χ4n) is 3.96. The summed E-state index contributed by atoms with van der Waals surface area (Å²) in [6.07, 6.45) is 1.56. The average Bonchev–Trinajstić information content (AvgIpc) is 2.90. The Hall–Kier alpha value is -3.85. The van der Waals surface area contributed by atoms with E-state index in [1.54, 1.807) is 18.2 Å². The lowest BCUT2D eigenvalue weighted by Crippen LogP contribution is -2.35. The third-order valence-corrected chi connectivity index (χ3v) is 7.62. The number of nitrogens with zero attached hydrogens (tertiary/aromatic N) is 1. The van der Waals surface area contributed by atoms with E-state index in [2.05, 4.69) is 0 Å². The van der Waals surface area contributed by atoms with E-state index < -0.39 is 28.4 Å². The molecule has 0 aliphatic carbocycles. The molecule has 0 saturated carbocycles. The molecule has 8 nitrogen and oxygen atoms in total. The third-order valence-electron chi connectivity index (χ3n) is 5.79. The Kier molecular flexibility index (Phi) is 7.07. The molecule has 0 atom stereocenters. The highest BCUT2D eigenvalue weighted by atomic mass is 32.2. The lowest BCUT2D eigenvalue weighted by molar-refractivity contribution is 0.0474. The zero-order chi connectivity index (χ0) is 25.0. The monoisotopic (exact) mass is 495 g/mol. The van der Waals surface area contributed by atoms with Crippen molar-refractivity contribution in [1.29, 1.82) is 0 Å². The Bertz CT molecular complexity index is 1350. The molecular weight excluding hydrogens is 470 g/mol. The maximum atomic E-state index is 13.3. The van der Waals surface area contributed by atoms with Crippen LogP contribution in [-0.4, -0.2) is 47.5 Å². The number of ether oxygens (including phenoxy) is 3. The van der Waals surface area contributed by atoms with E-state index in [0.29, 0.717) is 23.7 Å². The van der Waals surface area contributed by atoms with Crippen molar-refractivity contribution in [3.63, 3.8) is 0 Å². The number of fused-ring (bicyclic) bond motifs is 1. The van der Waals surface area contributed by atoms with E-state index in [-0.39, 0.29) is 16.0 Å². The maximum Gasteiger partial charge on any atom is 0.338 e. The van der Waals surface area contributed by atoms with Crippen molar-refractivity contribution < 1.29 is 32.2 Å². The highest BCUT2D eigenvalue weighted by molar-refractivity contribution is 7.92. The second-order valence-corrected chi connectivity index (χ2v) is 9.76. The van der Waals surface area contributed by atoms with Gasteiger partial charge in [0.1, 0.15) is 11.5 Å². The van der Waals surface area contributed by atoms with Crippen LogP contribution >= 0.6 is 0 Å². The van der Waals surface area contributed by atoms with Crippen molar-refractivity contribution >= 4 is 27.5 Å². The molecule has 35 heavy (non-hydrogen) atoms. The number of carbonyl (C=O) groups is 2. The second-order valence-electron chi connectivity index (χ2n) is 7.90. The van der Waals surface area contributed by atoms with Gasteiger partial charge in [-0.25, -0.2) is 13.2 Å². The molecule has 0 spiro atoms. The Balaban J connectivity index is 1.45. The molecule has 3 aromatic rings. The van der Waals surface area contributed by atoms with Gasteiger partial charge in [-0.1, -0.05) is 18.2 Å². The number of aryl methyl sites for hydroxylation is 1. The fraction of sp³-hybridized carbons (Fsp3) is 0.231. The summed E-state index contributed by atoms with van der Waals surface area (Å²) in [4.78, 5) is 25.1. The van der Waals surface area contributed by atoms with Gasteiger partial charge in [0.05, 0.1) is 35.9 Å². The van der Waals surface area contributed by atoms with Gasteiger partial charge in [0.2, 0.25) is 5.78 Å². The van der Waals surface area contributed by atoms with Crippen molar-refractivity contribution in [1.82, 2.24) is 0 Å². The molecule has 9 heteroatoms. The van der Waals surface area contributed by atoms with Crippen LogP contribution in [0, 0.1) is 0 Å². The number of rotatable bonds is 8. The smallest absolute Gasteiger partial charge is 0.338 e. The number of anilines is 1. The molecule has 0 aromatic heterocycles. The number of hydrogen-bond donors (Lipinski definition) is 0. The van der Waals surface area contributed by atoms with Crippen molar-refractivity contribution in [2.24, 2.45) is 0 Å². The van der Waals surface area contributed by atoms with E-state index in [9.17, 15) is 18.0 Å². The number of benzene rings is 3. The van der Waals surface area contributed by atoms with Crippen LogP contribution in [0.5, 0.6) is 11.5 Å². The van der Waals surface area contributed by atoms with Crippen LogP contribution in [0.25, 0.3) is 0 Å². The molecule has 0 saturated heterocycles. The van der Waals surface area contributed by atoms with Gasteiger partial charge in [-0.15, -0.1) is 0 Å². The van der Waals surface area contributed by atoms with Crippen LogP contribution in [0.4, 0.5) is 5.69 Å². The van der Waals surface area contributed by atoms with Gasteiger partial charge in [-0.2, -0.15) is 0 Å². The molecule has 0 radical (unpaired) electrons. The van der Waals surface area contributed by atoms with Crippen LogP contribution in [0.2, 0.25) is 0 Å². The fourth-order valence-corrected chi connectivity index (χ4v) is 5.50. The summed E-state index contributed by atoms with van der Waals surface area (Å²) in [5, 5.41) is 0. The zero-order valence-electron chi connectivity index (χ0n) is 19.4. The molecule has 182 valence electrons. The first-order chi connectivity index (χ1) is 16.8. The molecule has 1 heterocycles. The number of hydrogen-bond acceptors (Lipinski definition) is 7. The van der Waals surface area contributed by atoms with Crippen LogP contribution in [0.1, 0.15) is 32.7 Å². The maximum absolute atomic E-state index is 13.3. The number of Topliss-reactive ketones (excluding diaryl/α,β-unsaturated/α-hetero) is 1. The van der Waals surface area contributed by atoms with Crippen LogP contribution in [-0.2, 0) is 21.2 Å². The van der Waals surface area contributed by atoms with Gasteiger partial charge in [0.15, 0.2) is 6.61 Å². The first-order valence-corrected chi connectivity index (χ1v) is 12.4. The lowest BCUT2D eigenvalue weighted by atomic mass is 10.0. The minimum absolute atomic E-state index is 0.0739. The summed E-state index contributed by atoms with van der Waals surface area (Å²) in [7, 11) is -0.864. The zero-order valence-corrected chi connectivity index (χ0v) is 20.2. The molecule has 4 rings (SSSR count). The van der Waals surface area contributed by atoms with E-state index >= 15 is 0 Å². The SMILES string of the molecule is COc1ccc(C(=O)COC(=O)c2ccc(S(=O)(=O)N3CCCc4ccccc43)cc2)c(OC)c1. The summed E-state index contributed by atoms with van der Waals surface area (Å²) in [5.74, 6) is -0.350. The minimum atomic E-state index is -3.79. The number of ketones is 1. The Morgan fingerprint density at radius 2 is 1.69 bits per heavy atom. The number of carbonyl (C=O) groups excluding carboxylic acids is 2. The predicted molar refractivity (Wildman–Crippen MR) is 130 cm³/mol. The summed E-state index contributed by atoms with van der Waals surface area (Å²) in [5.41, 5.74) is 2.05. The molecule has 0 unspecified atom stereocenters. The Labute approximate surface area is 204 Å². The van der Waals surface area contributed by atoms with E-state index in [1.165, 1.54) is 48.9 Å². The summed E-state index contributed by atoms with van der Waals surface area (Å²) in [6, 6.07) is 17.6. The lowest BCUT2D eigenvalue weighted by Gasteiger charge is -2.30. The molecule has 1 aliphatic rings. The van der Waals surface area contributed by atoms with Crippen molar-refractivity contribution in [3.8, 4) is 11.5 Å². The standard InChI is InChI=1S/C26H25NO7S/c1-32-20-11-14-22(25(16-20)33-2)24(28)17-34-26(29)19-9-12-21(13-10-19)35(30,31)27-15-5-7-18-6-3-4-8-23(18)27/h3-4,6,8-14,16H,5,7,15,17H2,1-2H3. The summed E-state index contributed by atoms with van der Waals surface area (Å²) in [6.45, 7) is -0.105. The van der Waals surface area contributed by atoms with Crippen LogP contribution in [0.3, 0.4) is 0 Å².